The molecule has 26 heavy (non-hydrogen) atoms. The Hall–Kier alpha value is -2.71. The van der Waals surface area contributed by atoms with Gasteiger partial charge in [-0.05, 0) is 13.0 Å². The topological polar surface area (TPSA) is 87.9 Å². The zero-order valence-corrected chi connectivity index (χ0v) is 14.8. The number of nitrogens with zero attached hydrogens (tertiary/aromatic N) is 4. The van der Waals surface area contributed by atoms with Crippen molar-refractivity contribution in [2.45, 2.75) is 26.1 Å². The largest absolute Gasteiger partial charge is 0.391 e. The van der Waals surface area contributed by atoms with Gasteiger partial charge in [-0.1, -0.05) is 29.8 Å². The maximum Gasteiger partial charge on any atom is 0.229 e. The lowest BCUT2D eigenvalue weighted by molar-refractivity contribution is 0.168. The van der Waals surface area contributed by atoms with Crippen molar-refractivity contribution in [3.05, 3.63) is 59.3 Å². The monoisotopic (exact) mass is 376 g/mol. The van der Waals surface area contributed by atoms with Gasteiger partial charge in [-0.3, -0.25) is 4.68 Å². The highest BCUT2D eigenvalue weighted by Crippen LogP contribution is 2.22. The SMILES string of the molecule is CC(O)Cn1cc(Nc2ncc(Cl)c(NCc3ccccc3F)n2)cn1. The van der Waals surface area contributed by atoms with Crippen molar-refractivity contribution in [3.8, 4) is 0 Å². The molecule has 2 heterocycles. The van der Waals surface area contributed by atoms with Crippen molar-refractivity contribution in [3.63, 3.8) is 0 Å². The Bertz CT molecular complexity index is 885. The summed E-state index contributed by atoms with van der Waals surface area (Å²) >= 11 is 6.11. The molecule has 7 nitrogen and oxygen atoms in total. The Kier molecular flexibility index (Phi) is 5.65. The second-order valence-corrected chi connectivity index (χ2v) is 6.17. The third-order valence-electron chi connectivity index (χ3n) is 3.49. The van der Waals surface area contributed by atoms with Crippen LogP contribution in [-0.2, 0) is 13.1 Å². The molecule has 9 heteroatoms. The zero-order chi connectivity index (χ0) is 18.5. The van der Waals surface area contributed by atoms with Gasteiger partial charge in [-0.15, -0.1) is 0 Å². The van der Waals surface area contributed by atoms with Gasteiger partial charge in [0.15, 0.2) is 5.82 Å². The molecule has 0 spiro atoms. The number of aromatic nitrogens is 4. The summed E-state index contributed by atoms with van der Waals surface area (Å²) in [6.07, 6.45) is 4.30. The fourth-order valence-electron chi connectivity index (χ4n) is 2.30. The lowest BCUT2D eigenvalue weighted by Crippen LogP contribution is -2.11. The summed E-state index contributed by atoms with van der Waals surface area (Å²) in [5.74, 6) is 0.417. The van der Waals surface area contributed by atoms with E-state index >= 15 is 0 Å². The molecule has 2 aromatic heterocycles. The highest BCUT2D eigenvalue weighted by molar-refractivity contribution is 6.32. The predicted molar refractivity (Wildman–Crippen MR) is 98.0 cm³/mol. The quantitative estimate of drug-likeness (QED) is 0.587. The molecule has 0 radical (unpaired) electrons. The molecule has 0 aliphatic carbocycles. The van der Waals surface area contributed by atoms with Crippen LogP contribution in [0.3, 0.4) is 0 Å². The van der Waals surface area contributed by atoms with Gasteiger partial charge in [0, 0.05) is 18.3 Å². The van der Waals surface area contributed by atoms with E-state index in [2.05, 4.69) is 25.7 Å². The second-order valence-electron chi connectivity index (χ2n) is 5.76. The minimum absolute atomic E-state index is 0.245. The number of hydrogen-bond acceptors (Lipinski definition) is 6. The molecule has 0 aliphatic rings. The van der Waals surface area contributed by atoms with Crippen LogP contribution in [0.5, 0.6) is 0 Å². The molecular formula is C17H18ClFN6O. The summed E-state index contributed by atoms with van der Waals surface area (Å²) in [4.78, 5) is 8.43. The summed E-state index contributed by atoms with van der Waals surface area (Å²) in [7, 11) is 0. The van der Waals surface area contributed by atoms with E-state index in [1.807, 2.05) is 0 Å². The van der Waals surface area contributed by atoms with Crippen LogP contribution in [0.1, 0.15) is 12.5 Å². The number of halogens is 2. The van der Waals surface area contributed by atoms with Crippen LogP contribution in [0.15, 0.2) is 42.9 Å². The fraction of sp³-hybridized carbons (Fsp3) is 0.235. The van der Waals surface area contributed by atoms with E-state index in [-0.39, 0.29) is 12.4 Å². The smallest absolute Gasteiger partial charge is 0.229 e. The highest BCUT2D eigenvalue weighted by Gasteiger charge is 2.09. The lowest BCUT2D eigenvalue weighted by Gasteiger charge is -2.10. The minimum Gasteiger partial charge on any atom is -0.391 e. The second kappa shape index (κ2) is 8.11. The van der Waals surface area contributed by atoms with E-state index in [1.54, 1.807) is 42.2 Å². The fourth-order valence-corrected chi connectivity index (χ4v) is 2.46. The number of benzene rings is 1. The van der Waals surface area contributed by atoms with Gasteiger partial charge in [0.25, 0.3) is 0 Å². The molecule has 3 rings (SSSR count). The van der Waals surface area contributed by atoms with E-state index in [0.29, 0.717) is 34.6 Å². The van der Waals surface area contributed by atoms with Crippen LogP contribution < -0.4 is 10.6 Å². The van der Waals surface area contributed by atoms with Crippen LogP contribution in [-0.4, -0.2) is 31.0 Å². The Balaban J connectivity index is 1.69. The van der Waals surface area contributed by atoms with Gasteiger partial charge in [-0.2, -0.15) is 10.1 Å². The van der Waals surface area contributed by atoms with E-state index in [4.69, 9.17) is 11.6 Å². The first-order valence-electron chi connectivity index (χ1n) is 7.98. The molecule has 0 fully saturated rings. The predicted octanol–water partition coefficient (Wildman–Crippen LogP) is 3.20. The number of aliphatic hydroxyl groups excluding tert-OH is 1. The molecule has 3 N–H and O–H groups in total. The van der Waals surface area contributed by atoms with Crippen molar-refractivity contribution in [2.75, 3.05) is 10.6 Å². The summed E-state index contributed by atoms with van der Waals surface area (Å²) in [5, 5.41) is 19.9. The number of aliphatic hydroxyl groups is 1. The first-order valence-corrected chi connectivity index (χ1v) is 8.36. The van der Waals surface area contributed by atoms with Crippen LogP contribution in [0, 0.1) is 5.82 Å². The van der Waals surface area contributed by atoms with Gasteiger partial charge in [-0.25, -0.2) is 9.37 Å². The highest BCUT2D eigenvalue weighted by atomic mass is 35.5. The Morgan fingerprint density at radius 1 is 1.31 bits per heavy atom. The lowest BCUT2D eigenvalue weighted by atomic mass is 10.2. The Labute approximate surface area is 154 Å². The van der Waals surface area contributed by atoms with Crippen LogP contribution in [0.25, 0.3) is 0 Å². The molecule has 136 valence electrons. The van der Waals surface area contributed by atoms with E-state index in [9.17, 15) is 9.50 Å². The average Bonchev–Trinajstić information content (AvgIpc) is 3.02. The number of rotatable bonds is 7. The minimum atomic E-state index is -0.497. The Morgan fingerprint density at radius 3 is 2.88 bits per heavy atom. The first kappa shape index (κ1) is 18.1. The van der Waals surface area contributed by atoms with E-state index < -0.39 is 6.10 Å². The number of anilines is 3. The molecule has 1 atom stereocenters. The summed E-state index contributed by atoms with van der Waals surface area (Å²) in [6.45, 7) is 2.32. The third-order valence-corrected chi connectivity index (χ3v) is 3.77. The molecule has 1 aromatic carbocycles. The van der Waals surface area contributed by atoms with Crippen molar-refractivity contribution >= 4 is 29.1 Å². The van der Waals surface area contributed by atoms with Crippen molar-refractivity contribution in [1.29, 1.82) is 0 Å². The maximum atomic E-state index is 13.7. The molecule has 0 aliphatic heterocycles. The van der Waals surface area contributed by atoms with Gasteiger partial charge in [0.2, 0.25) is 5.95 Å². The molecule has 0 amide bonds. The van der Waals surface area contributed by atoms with Gasteiger partial charge < -0.3 is 15.7 Å². The van der Waals surface area contributed by atoms with Crippen molar-refractivity contribution in [1.82, 2.24) is 19.7 Å². The summed E-state index contributed by atoms with van der Waals surface area (Å²) in [6, 6.07) is 6.49. The molecule has 0 saturated heterocycles. The summed E-state index contributed by atoms with van der Waals surface area (Å²) in [5.41, 5.74) is 1.18. The van der Waals surface area contributed by atoms with Crippen LogP contribution >= 0.6 is 11.6 Å². The maximum absolute atomic E-state index is 13.7. The van der Waals surface area contributed by atoms with Crippen LogP contribution in [0.4, 0.5) is 21.8 Å². The van der Waals surface area contributed by atoms with Gasteiger partial charge in [0.05, 0.1) is 30.7 Å². The normalized spacial score (nSPS) is 12.0. The van der Waals surface area contributed by atoms with Crippen molar-refractivity contribution < 1.29 is 9.50 Å². The molecule has 0 saturated carbocycles. The molecule has 1 unspecified atom stereocenters. The van der Waals surface area contributed by atoms with E-state index in [0.717, 1.165) is 0 Å². The number of hydrogen-bond donors (Lipinski definition) is 3. The average molecular weight is 377 g/mol. The van der Waals surface area contributed by atoms with Gasteiger partial charge >= 0.3 is 0 Å². The molecular weight excluding hydrogens is 359 g/mol. The standard InChI is InChI=1S/C17H18ClFN6O/c1-11(26)9-25-10-13(7-22-25)23-17-21-8-14(18)16(24-17)20-6-12-4-2-3-5-15(12)19/h2-5,7-8,10-11,26H,6,9H2,1H3,(H2,20,21,23,24). The van der Waals surface area contributed by atoms with Crippen molar-refractivity contribution in [2.24, 2.45) is 0 Å². The first-order chi connectivity index (χ1) is 12.5. The number of nitrogens with one attached hydrogen (secondary N) is 2. The van der Waals surface area contributed by atoms with E-state index in [1.165, 1.54) is 12.3 Å². The summed E-state index contributed by atoms with van der Waals surface area (Å²) < 4.78 is 15.3. The molecule has 0 bridgehead atoms. The van der Waals surface area contributed by atoms with Gasteiger partial charge in [0.1, 0.15) is 10.8 Å². The van der Waals surface area contributed by atoms with Crippen LogP contribution in [0.2, 0.25) is 5.02 Å². The Morgan fingerprint density at radius 2 is 2.12 bits per heavy atom. The third kappa shape index (κ3) is 4.68. The molecule has 3 aromatic rings. The zero-order valence-electron chi connectivity index (χ0n) is 14.0.